The van der Waals surface area contributed by atoms with Gasteiger partial charge in [0.05, 0.1) is 31.7 Å². The van der Waals surface area contributed by atoms with Crippen molar-refractivity contribution in [1.82, 2.24) is 10.6 Å². The van der Waals surface area contributed by atoms with Crippen molar-refractivity contribution in [2.45, 2.75) is 51.1 Å². The zero-order valence-electron chi connectivity index (χ0n) is 22.4. The van der Waals surface area contributed by atoms with Gasteiger partial charge in [0.15, 0.2) is 5.78 Å². The first-order chi connectivity index (χ1) is 19.3. The molecule has 2 atom stereocenters. The molecule has 0 bridgehead atoms. The van der Waals surface area contributed by atoms with Gasteiger partial charge in [0.2, 0.25) is 11.8 Å². The second kappa shape index (κ2) is 16.1. The van der Waals surface area contributed by atoms with Crippen LogP contribution in [0.1, 0.15) is 31.4 Å². The number of carboxylic acid groups (broad SMARTS) is 1. The van der Waals surface area contributed by atoms with Crippen molar-refractivity contribution in [1.29, 1.82) is 0 Å². The molecule has 0 saturated heterocycles. The highest BCUT2D eigenvalue weighted by Crippen LogP contribution is 2.27. The summed E-state index contributed by atoms with van der Waals surface area (Å²) >= 11 is 6.99. The Hall–Kier alpha value is -3.45. The third-order valence-electron chi connectivity index (χ3n) is 5.74. The lowest BCUT2D eigenvalue weighted by Gasteiger charge is -2.25. The standard InChI is InChI=1S/C27H30ClF3N2O7S/c1-14(2)25(33-23(35)10-15-9-16(39-3)7-8-22(15)40-27(30)31)26(38)32-20(11-24(36)37)21(34)13-41-12-17-18(28)5-4-6-19(17)29/h4-9,14,20,25,27H,10-13H2,1-3H3,(H,32,38)(H,33,35)(H,36,37)/t20?,25-/m0/s1. The number of benzene rings is 2. The molecule has 14 heteroatoms. The highest BCUT2D eigenvalue weighted by molar-refractivity contribution is 7.99. The molecule has 2 rings (SSSR count). The van der Waals surface area contributed by atoms with E-state index in [0.29, 0.717) is 0 Å². The van der Waals surface area contributed by atoms with Crippen LogP contribution >= 0.6 is 23.4 Å². The predicted octanol–water partition coefficient (Wildman–Crippen LogP) is 4.23. The van der Waals surface area contributed by atoms with Gasteiger partial charge in [0, 0.05) is 21.9 Å². The van der Waals surface area contributed by atoms with Gasteiger partial charge in [-0.15, -0.1) is 11.8 Å². The number of nitrogens with one attached hydrogen (secondary N) is 2. The van der Waals surface area contributed by atoms with Crippen LogP contribution in [0.15, 0.2) is 36.4 Å². The molecule has 0 radical (unpaired) electrons. The number of carboxylic acids is 1. The lowest BCUT2D eigenvalue weighted by molar-refractivity contribution is -0.140. The average molecular weight is 619 g/mol. The molecule has 41 heavy (non-hydrogen) atoms. The van der Waals surface area contributed by atoms with Crippen LogP contribution in [0, 0.1) is 11.7 Å². The Balaban J connectivity index is 2.10. The number of rotatable bonds is 16. The summed E-state index contributed by atoms with van der Waals surface area (Å²) in [5.41, 5.74) is 0.266. The summed E-state index contributed by atoms with van der Waals surface area (Å²) in [7, 11) is 1.36. The third-order valence-corrected chi connectivity index (χ3v) is 7.07. The summed E-state index contributed by atoms with van der Waals surface area (Å²) in [4.78, 5) is 50.1. The Bertz CT molecular complexity index is 1230. The quantitative estimate of drug-likeness (QED) is 0.255. The fourth-order valence-electron chi connectivity index (χ4n) is 3.67. The predicted molar refractivity (Wildman–Crippen MR) is 147 cm³/mol. The summed E-state index contributed by atoms with van der Waals surface area (Å²) in [6.45, 7) is 0.0947. The van der Waals surface area contributed by atoms with E-state index in [9.17, 15) is 37.5 Å². The number of amides is 2. The van der Waals surface area contributed by atoms with Gasteiger partial charge < -0.3 is 25.2 Å². The Morgan fingerprint density at radius 1 is 1.10 bits per heavy atom. The number of ether oxygens (including phenoxy) is 2. The van der Waals surface area contributed by atoms with Gasteiger partial charge in [-0.05, 0) is 36.2 Å². The van der Waals surface area contributed by atoms with E-state index in [0.717, 1.165) is 11.8 Å². The van der Waals surface area contributed by atoms with E-state index >= 15 is 0 Å². The number of hydrogen-bond donors (Lipinski definition) is 3. The highest BCUT2D eigenvalue weighted by atomic mass is 35.5. The monoisotopic (exact) mass is 618 g/mol. The largest absolute Gasteiger partial charge is 0.497 e. The number of ketones is 1. The van der Waals surface area contributed by atoms with E-state index in [1.54, 1.807) is 13.8 Å². The number of methoxy groups -OCH3 is 1. The Morgan fingerprint density at radius 2 is 1.80 bits per heavy atom. The minimum Gasteiger partial charge on any atom is -0.497 e. The molecule has 9 nitrogen and oxygen atoms in total. The molecule has 0 aliphatic carbocycles. The van der Waals surface area contributed by atoms with Crippen molar-refractivity contribution in [3.63, 3.8) is 0 Å². The van der Waals surface area contributed by atoms with Crippen LogP contribution < -0.4 is 20.1 Å². The molecule has 0 fully saturated rings. The number of thioether (sulfide) groups is 1. The van der Waals surface area contributed by atoms with Crippen molar-refractivity contribution >= 4 is 46.9 Å². The van der Waals surface area contributed by atoms with Crippen LogP contribution in [0.5, 0.6) is 11.5 Å². The molecular formula is C27H30ClF3N2O7S. The highest BCUT2D eigenvalue weighted by Gasteiger charge is 2.30. The number of alkyl halides is 2. The summed E-state index contributed by atoms with van der Waals surface area (Å²) in [6, 6.07) is 5.48. The van der Waals surface area contributed by atoms with Crippen LogP contribution in [-0.2, 0) is 31.4 Å². The first kappa shape index (κ1) is 33.8. The molecule has 0 spiro atoms. The molecule has 224 valence electrons. The Morgan fingerprint density at radius 3 is 2.39 bits per heavy atom. The normalized spacial score (nSPS) is 12.5. The maximum Gasteiger partial charge on any atom is 0.387 e. The molecule has 0 aliphatic heterocycles. The fourth-order valence-corrected chi connectivity index (χ4v) is 4.98. The molecule has 2 amide bonds. The van der Waals surface area contributed by atoms with Crippen molar-refractivity contribution in [3.8, 4) is 11.5 Å². The first-order valence-corrected chi connectivity index (χ1v) is 13.8. The summed E-state index contributed by atoms with van der Waals surface area (Å²) in [5, 5.41) is 14.4. The van der Waals surface area contributed by atoms with Crippen LogP contribution in [-0.4, -0.2) is 60.2 Å². The number of Topliss-reactive ketones (excluding diaryl/α,β-unsaturated/α-hetero) is 1. The lowest BCUT2D eigenvalue weighted by Crippen LogP contribution is -2.54. The van der Waals surface area contributed by atoms with E-state index in [4.69, 9.17) is 16.3 Å². The van der Waals surface area contributed by atoms with Gasteiger partial charge in [-0.25, -0.2) is 4.39 Å². The zero-order valence-corrected chi connectivity index (χ0v) is 24.0. The maximum atomic E-state index is 14.0. The number of carbonyl (C=O) groups excluding carboxylic acids is 3. The SMILES string of the molecule is COc1ccc(OC(F)F)c(CC(=O)N[C@H](C(=O)NC(CC(=O)O)C(=O)CSCc2c(F)cccc2Cl)C(C)C)c1. The third kappa shape index (κ3) is 10.8. The van der Waals surface area contributed by atoms with Crippen molar-refractivity contribution < 1.29 is 46.9 Å². The number of carbonyl (C=O) groups is 4. The van der Waals surface area contributed by atoms with Crippen LogP contribution in [0.3, 0.4) is 0 Å². The van der Waals surface area contributed by atoms with Gasteiger partial charge in [-0.1, -0.05) is 31.5 Å². The molecule has 3 N–H and O–H groups in total. The van der Waals surface area contributed by atoms with Gasteiger partial charge in [0.25, 0.3) is 0 Å². The molecule has 0 aromatic heterocycles. The second-order valence-corrected chi connectivity index (χ2v) is 10.5. The van der Waals surface area contributed by atoms with Gasteiger partial charge in [-0.2, -0.15) is 8.78 Å². The van der Waals surface area contributed by atoms with Crippen molar-refractivity contribution in [2.24, 2.45) is 5.92 Å². The Kier molecular flexibility index (Phi) is 13.3. The van der Waals surface area contributed by atoms with E-state index in [2.05, 4.69) is 15.4 Å². The maximum absolute atomic E-state index is 14.0. The molecule has 2 aromatic rings. The van der Waals surface area contributed by atoms with Crippen molar-refractivity contribution in [3.05, 3.63) is 58.4 Å². The summed E-state index contributed by atoms with van der Waals surface area (Å²) < 4.78 is 49.2. The number of halogens is 4. The van der Waals surface area contributed by atoms with E-state index in [1.165, 1.54) is 43.5 Å². The summed E-state index contributed by atoms with van der Waals surface area (Å²) in [6.07, 6.45) is -1.16. The Labute approximate surface area is 244 Å². The molecule has 1 unspecified atom stereocenters. The minimum atomic E-state index is -3.13. The van der Waals surface area contributed by atoms with Gasteiger partial charge >= 0.3 is 12.6 Å². The first-order valence-electron chi connectivity index (χ1n) is 12.3. The van der Waals surface area contributed by atoms with E-state index in [-0.39, 0.29) is 39.2 Å². The van der Waals surface area contributed by atoms with Crippen LogP contribution in [0.2, 0.25) is 5.02 Å². The summed E-state index contributed by atoms with van der Waals surface area (Å²) in [5.74, 6) is -4.72. The average Bonchev–Trinajstić information content (AvgIpc) is 2.88. The molecular weight excluding hydrogens is 589 g/mol. The van der Waals surface area contributed by atoms with Gasteiger partial charge in [-0.3, -0.25) is 19.2 Å². The lowest BCUT2D eigenvalue weighted by atomic mass is 10.0. The topological polar surface area (TPSA) is 131 Å². The second-order valence-electron chi connectivity index (χ2n) is 9.14. The van der Waals surface area contributed by atoms with Gasteiger partial charge in [0.1, 0.15) is 23.4 Å². The minimum absolute atomic E-state index is 0.0389. The molecule has 0 saturated carbocycles. The molecule has 2 aromatic carbocycles. The molecule has 0 aliphatic rings. The fraction of sp³-hybridized carbons (Fsp3) is 0.407. The van der Waals surface area contributed by atoms with Crippen molar-refractivity contribution in [2.75, 3.05) is 12.9 Å². The van der Waals surface area contributed by atoms with E-state index < -0.39 is 66.8 Å². The smallest absolute Gasteiger partial charge is 0.387 e. The number of aliphatic carboxylic acids is 1. The van der Waals surface area contributed by atoms with E-state index in [1.807, 2.05) is 0 Å². The van der Waals surface area contributed by atoms with Crippen LogP contribution in [0.4, 0.5) is 13.2 Å². The zero-order chi connectivity index (χ0) is 30.7. The molecule has 0 heterocycles. The van der Waals surface area contributed by atoms with Crippen LogP contribution in [0.25, 0.3) is 0 Å². The number of hydrogen-bond acceptors (Lipinski definition) is 7.